The Morgan fingerprint density at radius 2 is 2.21 bits per heavy atom. The van der Waals surface area contributed by atoms with Crippen LogP contribution in [0.1, 0.15) is 45.1 Å². The molecule has 0 saturated carbocycles. The van der Waals surface area contributed by atoms with Crippen molar-refractivity contribution in [2.45, 2.75) is 38.6 Å². The molecule has 4 heteroatoms. The molecule has 0 radical (unpaired) electrons. The van der Waals surface area contributed by atoms with E-state index < -0.39 is 0 Å². The van der Waals surface area contributed by atoms with Gasteiger partial charge < -0.3 is 0 Å². The average molecular weight is 273 g/mol. The van der Waals surface area contributed by atoms with Gasteiger partial charge in [-0.15, -0.1) is 11.3 Å². The maximum absolute atomic E-state index is 5.76. The first-order chi connectivity index (χ1) is 9.19. The average Bonchev–Trinajstić information content (AvgIpc) is 2.70. The van der Waals surface area contributed by atoms with Gasteiger partial charge in [0.1, 0.15) is 0 Å². The fourth-order valence-corrected chi connectivity index (χ4v) is 3.98. The van der Waals surface area contributed by atoms with Gasteiger partial charge in [-0.05, 0) is 43.7 Å². The number of aromatic nitrogens is 1. The Morgan fingerprint density at radius 1 is 1.42 bits per heavy atom. The predicted molar refractivity (Wildman–Crippen MR) is 79.2 cm³/mol. The monoisotopic (exact) mass is 273 g/mol. The normalized spacial score (nSPS) is 18.8. The molecule has 0 spiro atoms. The van der Waals surface area contributed by atoms with Gasteiger partial charge >= 0.3 is 0 Å². The molecule has 3 N–H and O–H groups in total. The van der Waals surface area contributed by atoms with E-state index in [-0.39, 0.29) is 6.04 Å². The van der Waals surface area contributed by atoms with E-state index in [1.165, 1.54) is 22.4 Å². The van der Waals surface area contributed by atoms with Crippen molar-refractivity contribution >= 4 is 11.3 Å². The van der Waals surface area contributed by atoms with Crippen molar-refractivity contribution in [1.82, 2.24) is 10.4 Å². The van der Waals surface area contributed by atoms with Crippen LogP contribution in [0, 0.1) is 13.8 Å². The van der Waals surface area contributed by atoms with Crippen LogP contribution < -0.4 is 11.3 Å². The second kappa shape index (κ2) is 5.04. The highest BCUT2D eigenvalue weighted by atomic mass is 32.1. The molecule has 2 unspecified atom stereocenters. The molecule has 2 aromatic rings. The molecule has 1 aromatic heterocycles. The molecule has 19 heavy (non-hydrogen) atoms. The van der Waals surface area contributed by atoms with Crippen LogP contribution in [-0.2, 0) is 6.42 Å². The van der Waals surface area contributed by atoms with Gasteiger partial charge in [0.05, 0.1) is 16.7 Å². The Hall–Kier alpha value is -1.23. The minimum Gasteiger partial charge on any atom is -0.271 e. The van der Waals surface area contributed by atoms with Gasteiger partial charge in [-0.3, -0.25) is 11.3 Å². The van der Waals surface area contributed by atoms with Gasteiger partial charge in [0.25, 0.3) is 0 Å². The molecule has 1 aliphatic rings. The summed E-state index contributed by atoms with van der Waals surface area (Å²) in [6.45, 7) is 4.12. The van der Waals surface area contributed by atoms with Gasteiger partial charge in [-0.1, -0.05) is 24.3 Å². The molecule has 1 aliphatic carbocycles. The number of hydrazine groups is 1. The Labute approximate surface area is 117 Å². The number of nitrogens with one attached hydrogen (secondary N) is 1. The van der Waals surface area contributed by atoms with Crippen LogP contribution in [0.15, 0.2) is 24.3 Å². The third kappa shape index (κ3) is 2.31. The largest absolute Gasteiger partial charge is 0.271 e. The number of thiazole rings is 1. The molecule has 0 fully saturated rings. The van der Waals surface area contributed by atoms with Crippen LogP contribution >= 0.6 is 11.3 Å². The van der Waals surface area contributed by atoms with Crippen LogP contribution in [-0.4, -0.2) is 4.98 Å². The van der Waals surface area contributed by atoms with Crippen molar-refractivity contribution in [2.75, 3.05) is 0 Å². The number of rotatable bonds is 4. The third-order valence-electron chi connectivity index (χ3n) is 3.94. The number of benzene rings is 1. The lowest BCUT2D eigenvalue weighted by Gasteiger charge is -2.32. The SMILES string of the molecule is Cc1nc(C)c(C(CC2Cc3ccccc32)NN)s1. The molecule has 3 rings (SSSR count). The first kappa shape index (κ1) is 12.8. The van der Waals surface area contributed by atoms with E-state index in [0.29, 0.717) is 5.92 Å². The van der Waals surface area contributed by atoms with E-state index in [1.54, 1.807) is 11.3 Å². The highest BCUT2D eigenvalue weighted by Gasteiger charge is 2.29. The second-order valence-electron chi connectivity index (χ2n) is 5.24. The molecule has 0 saturated heterocycles. The number of fused-ring (bicyclic) bond motifs is 1. The van der Waals surface area contributed by atoms with Gasteiger partial charge in [-0.2, -0.15) is 0 Å². The number of aryl methyl sites for hydroxylation is 2. The maximum atomic E-state index is 5.76. The number of hydrogen-bond acceptors (Lipinski definition) is 4. The lowest BCUT2D eigenvalue weighted by atomic mass is 9.74. The lowest BCUT2D eigenvalue weighted by molar-refractivity contribution is 0.438. The summed E-state index contributed by atoms with van der Waals surface area (Å²) in [7, 11) is 0. The van der Waals surface area contributed by atoms with E-state index in [2.05, 4.69) is 41.6 Å². The fraction of sp³-hybridized carbons (Fsp3) is 0.400. The molecule has 1 aromatic carbocycles. The zero-order valence-electron chi connectivity index (χ0n) is 11.3. The van der Waals surface area contributed by atoms with E-state index in [9.17, 15) is 0 Å². The molecule has 0 aliphatic heterocycles. The molecular weight excluding hydrogens is 254 g/mol. The zero-order valence-corrected chi connectivity index (χ0v) is 12.1. The number of hydrogen-bond donors (Lipinski definition) is 2. The first-order valence-corrected chi connectivity index (χ1v) is 7.48. The molecule has 2 atom stereocenters. The quantitative estimate of drug-likeness (QED) is 0.665. The highest BCUT2D eigenvalue weighted by molar-refractivity contribution is 7.11. The Balaban J connectivity index is 1.77. The van der Waals surface area contributed by atoms with Crippen molar-refractivity contribution < 1.29 is 0 Å². The van der Waals surface area contributed by atoms with Gasteiger partial charge in [0, 0.05) is 4.88 Å². The van der Waals surface area contributed by atoms with Gasteiger partial charge in [0.2, 0.25) is 0 Å². The van der Waals surface area contributed by atoms with Crippen molar-refractivity contribution in [3.05, 3.63) is 51.0 Å². The van der Waals surface area contributed by atoms with Crippen LogP contribution in [0.3, 0.4) is 0 Å². The van der Waals surface area contributed by atoms with Crippen molar-refractivity contribution in [1.29, 1.82) is 0 Å². The summed E-state index contributed by atoms with van der Waals surface area (Å²) < 4.78 is 0. The summed E-state index contributed by atoms with van der Waals surface area (Å²) in [6.07, 6.45) is 2.22. The summed E-state index contributed by atoms with van der Waals surface area (Å²) in [5, 5.41) is 1.11. The van der Waals surface area contributed by atoms with E-state index in [4.69, 9.17) is 5.84 Å². The molecule has 0 amide bonds. The van der Waals surface area contributed by atoms with Crippen LogP contribution in [0.25, 0.3) is 0 Å². The molecule has 3 nitrogen and oxygen atoms in total. The van der Waals surface area contributed by atoms with Crippen molar-refractivity contribution in [3.63, 3.8) is 0 Å². The minimum absolute atomic E-state index is 0.213. The van der Waals surface area contributed by atoms with Crippen LogP contribution in [0.5, 0.6) is 0 Å². The third-order valence-corrected chi connectivity index (χ3v) is 5.13. The van der Waals surface area contributed by atoms with Crippen molar-refractivity contribution in [2.24, 2.45) is 5.84 Å². The Kier molecular flexibility index (Phi) is 3.39. The predicted octanol–water partition coefficient (Wildman–Crippen LogP) is 2.99. The van der Waals surface area contributed by atoms with Crippen LogP contribution in [0.4, 0.5) is 0 Å². The maximum Gasteiger partial charge on any atom is 0.0900 e. The topological polar surface area (TPSA) is 50.9 Å². The Bertz CT molecular complexity index is 591. The first-order valence-electron chi connectivity index (χ1n) is 6.67. The zero-order chi connectivity index (χ0) is 13.4. The number of nitrogens with zero attached hydrogens (tertiary/aromatic N) is 1. The van der Waals surface area contributed by atoms with Crippen molar-refractivity contribution in [3.8, 4) is 0 Å². The molecular formula is C15H19N3S. The lowest BCUT2D eigenvalue weighted by Crippen LogP contribution is -2.31. The number of nitrogens with two attached hydrogens (primary N) is 1. The molecule has 1 heterocycles. The molecule has 100 valence electrons. The fourth-order valence-electron chi connectivity index (χ4n) is 2.98. The summed E-state index contributed by atoms with van der Waals surface area (Å²) in [4.78, 5) is 5.78. The van der Waals surface area contributed by atoms with Crippen LogP contribution in [0.2, 0.25) is 0 Å². The van der Waals surface area contributed by atoms with E-state index >= 15 is 0 Å². The van der Waals surface area contributed by atoms with Gasteiger partial charge in [0.15, 0.2) is 0 Å². The van der Waals surface area contributed by atoms with Gasteiger partial charge in [-0.25, -0.2) is 4.98 Å². The highest BCUT2D eigenvalue weighted by Crippen LogP contribution is 2.41. The van der Waals surface area contributed by atoms with E-state index in [1.807, 2.05) is 6.92 Å². The summed E-state index contributed by atoms with van der Waals surface area (Å²) in [5.41, 5.74) is 7.06. The van der Waals surface area contributed by atoms with E-state index in [0.717, 1.165) is 17.1 Å². The second-order valence-corrected chi connectivity index (χ2v) is 6.47. The summed E-state index contributed by atoms with van der Waals surface area (Å²) >= 11 is 1.75. The Morgan fingerprint density at radius 3 is 2.84 bits per heavy atom. The summed E-state index contributed by atoms with van der Waals surface area (Å²) in [6, 6.07) is 8.91. The smallest absolute Gasteiger partial charge is 0.0900 e. The minimum atomic E-state index is 0.213. The standard InChI is InChI=1S/C15H19N3S/c1-9-15(19-10(2)17-9)14(18-16)8-12-7-11-5-3-4-6-13(11)12/h3-6,12,14,18H,7-8,16H2,1-2H3. The summed E-state index contributed by atoms with van der Waals surface area (Å²) in [5.74, 6) is 6.38. The molecule has 0 bridgehead atoms.